The van der Waals surface area contributed by atoms with Crippen LogP contribution in [0.15, 0.2) is 66.7 Å². The number of hydrogen-bond donors (Lipinski definition) is 3. The minimum absolute atomic E-state index is 0.124. The average Bonchev–Trinajstić information content (AvgIpc) is 2.67. The zero-order valence-corrected chi connectivity index (χ0v) is 13.9. The van der Waals surface area contributed by atoms with Crippen molar-refractivity contribution in [1.82, 2.24) is 0 Å². The number of carboxylic acid groups (broad SMARTS) is 3. The van der Waals surface area contributed by atoms with Gasteiger partial charge in [0.15, 0.2) is 0 Å². The van der Waals surface area contributed by atoms with Gasteiger partial charge in [-0.1, -0.05) is 36.4 Å². The number of aromatic carboxylic acids is 3. The molecule has 0 amide bonds. The molecule has 3 aromatic rings. The van der Waals surface area contributed by atoms with E-state index in [2.05, 4.69) is 0 Å². The third-order valence-corrected chi connectivity index (χ3v) is 4.11. The van der Waals surface area contributed by atoms with Crippen molar-refractivity contribution in [1.29, 1.82) is 0 Å². The quantitative estimate of drug-likeness (QED) is 0.629. The Morgan fingerprint density at radius 3 is 1.41 bits per heavy atom. The number of carbonyl (C=O) groups is 3. The summed E-state index contributed by atoms with van der Waals surface area (Å²) in [6.07, 6.45) is 0. The second-order valence-corrected chi connectivity index (χ2v) is 5.84. The predicted molar refractivity (Wildman–Crippen MR) is 98.2 cm³/mol. The van der Waals surface area contributed by atoms with E-state index in [1.165, 1.54) is 24.3 Å². The number of hydrogen-bond acceptors (Lipinski definition) is 3. The lowest BCUT2D eigenvalue weighted by Gasteiger charge is -2.12. The molecule has 0 aromatic heterocycles. The van der Waals surface area contributed by atoms with Gasteiger partial charge in [0.05, 0.1) is 16.7 Å². The SMILES string of the molecule is O=C(O)c1ccc(-c2ccccc2-c2cc(C(=O)O)cc(C(=O)O)c2)cc1. The zero-order valence-electron chi connectivity index (χ0n) is 13.9. The molecule has 3 aromatic carbocycles. The highest BCUT2D eigenvalue weighted by Gasteiger charge is 2.15. The van der Waals surface area contributed by atoms with Crippen LogP contribution in [0.4, 0.5) is 0 Å². The van der Waals surface area contributed by atoms with Crippen LogP contribution in [0.3, 0.4) is 0 Å². The fourth-order valence-electron chi connectivity index (χ4n) is 2.81. The minimum atomic E-state index is -1.22. The molecule has 6 heteroatoms. The Morgan fingerprint density at radius 2 is 0.963 bits per heavy atom. The van der Waals surface area contributed by atoms with Crippen LogP contribution in [-0.4, -0.2) is 33.2 Å². The van der Waals surface area contributed by atoms with Crippen LogP contribution in [0.2, 0.25) is 0 Å². The van der Waals surface area contributed by atoms with Crippen molar-refractivity contribution in [2.75, 3.05) is 0 Å². The second kappa shape index (κ2) is 7.13. The lowest BCUT2D eigenvalue weighted by Crippen LogP contribution is -2.03. The first kappa shape index (κ1) is 17.9. The van der Waals surface area contributed by atoms with Crippen molar-refractivity contribution in [2.24, 2.45) is 0 Å². The molecule has 0 atom stereocenters. The van der Waals surface area contributed by atoms with E-state index in [1.54, 1.807) is 36.4 Å². The first-order valence-electron chi connectivity index (χ1n) is 7.91. The lowest BCUT2D eigenvalue weighted by atomic mass is 9.92. The Labute approximate surface area is 154 Å². The van der Waals surface area contributed by atoms with E-state index in [0.29, 0.717) is 11.1 Å². The smallest absolute Gasteiger partial charge is 0.335 e. The van der Waals surface area contributed by atoms with Gasteiger partial charge in [0.25, 0.3) is 0 Å². The fourth-order valence-corrected chi connectivity index (χ4v) is 2.81. The maximum atomic E-state index is 11.4. The van der Waals surface area contributed by atoms with Gasteiger partial charge in [0.2, 0.25) is 0 Å². The van der Waals surface area contributed by atoms with E-state index < -0.39 is 17.9 Å². The first-order chi connectivity index (χ1) is 12.9. The Kier molecular flexibility index (Phi) is 4.72. The maximum Gasteiger partial charge on any atom is 0.335 e. The largest absolute Gasteiger partial charge is 0.478 e. The summed E-state index contributed by atoms with van der Waals surface area (Å²) in [6.45, 7) is 0. The Balaban J connectivity index is 2.18. The van der Waals surface area contributed by atoms with Crippen molar-refractivity contribution in [3.63, 3.8) is 0 Å². The Morgan fingerprint density at radius 1 is 0.519 bits per heavy atom. The molecule has 0 aliphatic heterocycles. The van der Waals surface area contributed by atoms with E-state index in [0.717, 1.165) is 17.2 Å². The molecule has 0 radical (unpaired) electrons. The highest BCUT2D eigenvalue weighted by molar-refractivity contribution is 5.97. The average molecular weight is 362 g/mol. The normalized spacial score (nSPS) is 10.4. The van der Waals surface area contributed by atoms with Crippen LogP contribution in [0.1, 0.15) is 31.1 Å². The minimum Gasteiger partial charge on any atom is -0.478 e. The summed E-state index contributed by atoms with van der Waals surface area (Å²) in [6, 6.07) is 17.3. The molecule has 0 spiro atoms. The molecule has 0 heterocycles. The summed E-state index contributed by atoms with van der Waals surface area (Å²) in [7, 11) is 0. The van der Waals surface area contributed by atoms with E-state index in [-0.39, 0.29) is 16.7 Å². The molecule has 0 unspecified atom stereocenters. The maximum absolute atomic E-state index is 11.4. The molecule has 0 saturated heterocycles. The monoisotopic (exact) mass is 362 g/mol. The summed E-state index contributed by atoms with van der Waals surface area (Å²) in [4.78, 5) is 33.8. The molecule has 3 N–H and O–H groups in total. The molecule has 27 heavy (non-hydrogen) atoms. The number of carboxylic acids is 3. The summed E-state index contributed by atoms with van der Waals surface area (Å²) >= 11 is 0. The van der Waals surface area contributed by atoms with Crippen LogP contribution in [-0.2, 0) is 0 Å². The highest BCUT2D eigenvalue weighted by Crippen LogP contribution is 2.33. The van der Waals surface area contributed by atoms with Gasteiger partial charge in [0, 0.05) is 0 Å². The number of rotatable bonds is 5. The Hall–Kier alpha value is -3.93. The molecule has 0 aliphatic carbocycles. The van der Waals surface area contributed by atoms with Gasteiger partial charge < -0.3 is 15.3 Å². The Bertz CT molecular complexity index is 1020. The fraction of sp³-hybridized carbons (Fsp3) is 0. The standard InChI is InChI=1S/C21H14O6/c22-19(23)13-7-5-12(6-8-13)17-3-1-2-4-18(17)14-9-15(20(24)25)11-16(10-14)21(26)27/h1-11H,(H,22,23)(H,24,25)(H,26,27). The molecule has 6 nitrogen and oxygen atoms in total. The van der Waals surface area contributed by atoms with Crippen LogP contribution < -0.4 is 0 Å². The third-order valence-electron chi connectivity index (χ3n) is 4.11. The first-order valence-corrected chi connectivity index (χ1v) is 7.91. The molecule has 0 saturated carbocycles. The lowest BCUT2D eigenvalue weighted by molar-refractivity contribution is 0.0682. The van der Waals surface area contributed by atoms with E-state index in [1.807, 2.05) is 0 Å². The van der Waals surface area contributed by atoms with Crippen molar-refractivity contribution in [2.45, 2.75) is 0 Å². The predicted octanol–water partition coefficient (Wildman–Crippen LogP) is 4.12. The highest BCUT2D eigenvalue weighted by atomic mass is 16.4. The van der Waals surface area contributed by atoms with Gasteiger partial charge in [-0.15, -0.1) is 0 Å². The van der Waals surface area contributed by atoms with Gasteiger partial charge in [-0.3, -0.25) is 0 Å². The molecule has 134 valence electrons. The molecule has 0 fully saturated rings. The summed E-state index contributed by atoms with van der Waals surface area (Å²) in [5.41, 5.74) is 2.46. The molecule has 0 bridgehead atoms. The van der Waals surface area contributed by atoms with Gasteiger partial charge in [-0.05, 0) is 52.6 Å². The van der Waals surface area contributed by atoms with E-state index >= 15 is 0 Å². The van der Waals surface area contributed by atoms with Crippen molar-refractivity contribution >= 4 is 17.9 Å². The number of benzene rings is 3. The zero-order chi connectivity index (χ0) is 19.6. The van der Waals surface area contributed by atoms with Gasteiger partial charge in [0.1, 0.15) is 0 Å². The van der Waals surface area contributed by atoms with Gasteiger partial charge >= 0.3 is 17.9 Å². The third kappa shape index (κ3) is 3.69. The van der Waals surface area contributed by atoms with Crippen molar-refractivity contribution in [3.8, 4) is 22.3 Å². The summed E-state index contributed by atoms with van der Waals surface area (Å²) < 4.78 is 0. The van der Waals surface area contributed by atoms with E-state index in [4.69, 9.17) is 5.11 Å². The molecule has 0 aliphatic rings. The summed E-state index contributed by atoms with van der Waals surface area (Å²) in [5.74, 6) is -3.47. The van der Waals surface area contributed by atoms with Gasteiger partial charge in [-0.2, -0.15) is 0 Å². The molecular formula is C21H14O6. The van der Waals surface area contributed by atoms with Crippen LogP contribution in [0, 0.1) is 0 Å². The van der Waals surface area contributed by atoms with Crippen molar-refractivity contribution in [3.05, 3.63) is 83.4 Å². The summed E-state index contributed by atoms with van der Waals surface area (Å²) in [5, 5.41) is 27.6. The van der Waals surface area contributed by atoms with Crippen LogP contribution >= 0.6 is 0 Å². The van der Waals surface area contributed by atoms with E-state index in [9.17, 15) is 24.6 Å². The van der Waals surface area contributed by atoms with Crippen LogP contribution in [0.25, 0.3) is 22.3 Å². The van der Waals surface area contributed by atoms with Crippen LogP contribution in [0.5, 0.6) is 0 Å². The topological polar surface area (TPSA) is 112 Å². The molecular weight excluding hydrogens is 348 g/mol. The second-order valence-electron chi connectivity index (χ2n) is 5.84. The van der Waals surface area contributed by atoms with Crippen molar-refractivity contribution < 1.29 is 29.7 Å². The molecule has 3 rings (SSSR count). The van der Waals surface area contributed by atoms with Gasteiger partial charge in [-0.25, -0.2) is 14.4 Å².